The average molecular weight is 662 g/mol. The number of esters is 1. The van der Waals surface area contributed by atoms with Crippen molar-refractivity contribution < 1.29 is 24.2 Å². The van der Waals surface area contributed by atoms with Crippen molar-refractivity contribution in [1.82, 2.24) is 20.2 Å². The zero-order valence-electron chi connectivity index (χ0n) is 29.2. The number of carbonyl (C=O) groups is 2. The highest BCUT2D eigenvalue weighted by Gasteiger charge is 2.41. The molecule has 5 rings (SSSR count). The number of nitrogens with two attached hydrogens (primary N) is 1. The number of nitrogens with zero attached hydrogens (tertiary/aromatic N) is 3. The van der Waals surface area contributed by atoms with Gasteiger partial charge in [0.2, 0.25) is 0 Å². The van der Waals surface area contributed by atoms with E-state index in [1.807, 2.05) is 57.4 Å². The number of aromatic nitrogens is 2. The molecule has 262 valence electrons. The summed E-state index contributed by atoms with van der Waals surface area (Å²) in [7, 11) is 0. The fourth-order valence-corrected chi connectivity index (χ4v) is 7.61. The van der Waals surface area contributed by atoms with Crippen molar-refractivity contribution in [1.29, 1.82) is 0 Å². The standard InChI is InChI=1S/C38H55N5O5/c1-5-6-25-7-11-27(12-8-25)28-15-17-29(18-16-28)31-20-40-34(41-21-31)30-13-9-26(10-14-30)19-33(42-37(46)47-24-39)35(44)43-22-32(23-43)36(45)48-38(2,3)4/h9-10,13-14,17,20-21,25,27-28,32-33,35,44H,5-8,11-12,15-16,18-19,22-24,39H2,1-4H3,(H,42,46)/t25?,27?,28?,33-,35?/m0/s1. The number of hydrogen-bond acceptors (Lipinski definition) is 9. The maximum atomic E-state index is 12.4. The summed E-state index contributed by atoms with van der Waals surface area (Å²) in [6, 6.07) is 7.11. The molecule has 1 amide bonds. The maximum absolute atomic E-state index is 12.4. The number of likely N-dealkylation sites (tertiary alicyclic amines) is 1. The van der Waals surface area contributed by atoms with Gasteiger partial charge in [0.15, 0.2) is 5.82 Å². The molecule has 3 atom stereocenters. The van der Waals surface area contributed by atoms with Crippen LogP contribution in [-0.4, -0.2) is 69.7 Å². The van der Waals surface area contributed by atoms with Gasteiger partial charge in [0.05, 0.1) is 12.0 Å². The molecule has 2 fully saturated rings. The van der Waals surface area contributed by atoms with E-state index in [2.05, 4.69) is 18.3 Å². The molecule has 0 spiro atoms. The number of amides is 1. The van der Waals surface area contributed by atoms with Crippen LogP contribution in [0.4, 0.5) is 4.79 Å². The monoisotopic (exact) mass is 661 g/mol. The van der Waals surface area contributed by atoms with Crippen LogP contribution in [0.2, 0.25) is 0 Å². The lowest BCUT2D eigenvalue weighted by molar-refractivity contribution is -0.172. The topological polar surface area (TPSA) is 140 Å². The second kappa shape index (κ2) is 16.4. The van der Waals surface area contributed by atoms with Crippen LogP contribution >= 0.6 is 0 Å². The van der Waals surface area contributed by atoms with Crippen LogP contribution in [0.3, 0.4) is 0 Å². The molecule has 1 saturated heterocycles. The van der Waals surface area contributed by atoms with Crippen LogP contribution in [0.1, 0.15) is 96.6 Å². The van der Waals surface area contributed by atoms with Crippen LogP contribution in [0.15, 0.2) is 42.7 Å². The van der Waals surface area contributed by atoms with Crippen molar-refractivity contribution in [3.63, 3.8) is 0 Å². The Morgan fingerprint density at radius 3 is 2.29 bits per heavy atom. The highest BCUT2D eigenvalue weighted by molar-refractivity contribution is 5.74. The number of ether oxygens (including phenoxy) is 2. The quantitative estimate of drug-likeness (QED) is 0.182. The molecule has 1 aliphatic heterocycles. The second-order valence-electron chi connectivity index (χ2n) is 15.0. The molecule has 48 heavy (non-hydrogen) atoms. The first-order valence-electron chi connectivity index (χ1n) is 17.9. The first kappa shape index (κ1) is 36.0. The molecule has 0 radical (unpaired) electrons. The number of nitrogens with one attached hydrogen (secondary N) is 1. The SMILES string of the molecule is CCCC1CCC(C2CC=C(c3cnc(-c4ccc(C[C@H](NC(=O)OCN)C(O)N5CC(C(=O)OC(C)(C)C)C5)cc4)nc3)CC2)CC1. The fraction of sp³-hybridized carbons (Fsp3) is 0.632. The van der Waals surface area contributed by atoms with E-state index in [1.54, 1.807) is 4.90 Å². The third kappa shape index (κ3) is 9.64. The molecule has 2 heterocycles. The van der Waals surface area contributed by atoms with Crippen molar-refractivity contribution in [2.75, 3.05) is 19.8 Å². The van der Waals surface area contributed by atoms with Crippen molar-refractivity contribution in [2.45, 2.75) is 110 Å². The lowest BCUT2D eigenvalue weighted by Gasteiger charge is -2.43. The summed E-state index contributed by atoms with van der Waals surface area (Å²) in [4.78, 5) is 35.8. The first-order valence-corrected chi connectivity index (χ1v) is 17.9. The summed E-state index contributed by atoms with van der Waals surface area (Å²) in [5.74, 6) is 2.70. The Bertz CT molecular complexity index is 1380. The molecular weight excluding hydrogens is 606 g/mol. The maximum Gasteiger partial charge on any atom is 0.408 e. The third-order valence-electron chi connectivity index (χ3n) is 10.3. The smallest absolute Gasteiger partial charge is 0.408 e. The van der Waals surface area contributed by atoms with E-state index in [1.165, 1.54) is 50.5 Å². The number of carbonyl (C=O) groups excluding carboxylic acids is 2. The number of alkyl carbamates (subject to hydrolysis) is 1. The van der Waals surface area contributed by atoms with Gasteiger partial charge in [-0.3, -0.25) is 15.4 Å². The molecule has 0 bridgehead atoms. The summed E-state index contributed by atoms with van der Waals surface area (Å²) >= 11 is 0. The van der Waals surface area contributed by atoms with Crippen LogP contribution < -0.4 is 11.1 Å². The zero-order chi connectivity index (χ0) is 34.3. The molecule has 10 nitrogen and oxygen atoms in total. The Labute approximate surface area is 285 Å². The summed E-state index contributed by atoms with van der Waals surface area (Å²) in [5.41, 5.74) is 9.05. The number of rotatable bonds is 12. The van der Waals surface area contributed by atoms with Crippen LogP contribution in [0, 0.1) is 23.7 Å². The second-order valence-corrected chi connectivity index (χ2v) is 15.0. The fourth-order valence-electron chi connectivity index (χ4n) is 7.61. The largest absolute Gasteiger partial charge is 0.460 e. The normalized spacial score (nSPS) is 23.4. The minimum atomic E-state index is -1.03. The molecule has 4 N–H and O–H groups in total. The van der Waals surface area contributed by atoms with Crippen molar-refractivity contribution >= 4 is 17.6 Å². The average Bonchev–Trinajstić information content (AvgIpc) is 3.04. The Morgan fingerprint density at radius 2 is 1.71 bits per heavy atom. The molecule has 2 unspecified atom stereocenters. The number of allylic oxidation sites excluding steroid dienone is 2. The van der Waals surface area contributed by atoms with Gasteiger partial charge in [0.25, 0.3) is 0 Å². The number of hydrogen-bond donors (Lipinski definition) is 3. The highest BCUT2D eigenvalue weighted by Crippen LogP contribution is 2.42. The summed E-state index contributed by atoms with van der Waals surface area (Å²) in [5, 5.41) is 13.9. The molecule has 1 aromatic heterocycles. The molecule has 1 saturated carbocycles. The number of benzene rings is 1. The van der Waals surface area contributed by atoms with Gasteiger partial charge in [-0.05, 0) is 88.2 Å². The Balaban J connectivity index is 1.16. The van der Waals surface area contributed by atoms with Crippen LogP contribution in [0.25, 0.3) is 17.0 Å². The van der Waals surface area contributed by atoms with Gasteiger partial charge in [-0.25, -0.2) is 14.8 Å². The minimum Gasteiger partial charge on any atom is -0.460 e. The van der Waals surface area contributed by atoms with Gasteiger partial charge >= 0.3 is 12.1 Å². The molecular formula is C38H55N5O5. The predicted molar refractivity (Wildman–Crippen MR) is 186 cm³/mol. The molecule has 2 aromatic rings. The third-order valence-corrected chi connectivity index (χ3v) is 10.3. The van der Waals surface area contributed by atoms with Gasteiger partial charge in [-0.2, -0.15) is 0 Å². The minimum absolute atomic E-state index is 0.273. The molecule has 10 heteroatoms. The Kier molecular flexibility index (Phi) is 12.3. The van der Waals surface area contributed by atoms with E-state index in [0.717, 1.165) is 47.3 Å². The van der Waals surface area contributed by atoms with E-state index < -0.39 is 24.0 Å². The van der Waals surface area contributed by atoms with Crippen molar-refractivity contribution in [3.8, 4) is 11.4 Å². The van der Waals surface area contributed by atoms with Crippen LogP contribution in [0.5, 0.6) is 0 Å². The predicted octanol–water partition coefficient (Wildman–Crippen LogP) is 6.08. The van der Waals surface area contributed by atoms with Gasteiger partial charge in [-0.1, -0.05) is 62.9 Å². The summed E-state index contributed by atoms with van der Waals surface area (Å²) < 4.78 is 10.4. The van der Waals surface area contributed by atoms with E-state index in [9.17, 15) is 14.7 Å². The van der Waals surface area contributed by atoms with Gasteiger partial charge in [0, 0.05) is 36.6 Å². The summed E-state index contributed by atoms with van der Waals surface area (Å²) in [6.07, 6.45) is 16.8. The Morgan fingerprint density at radius 1 is 1.02 bits per heavy atom. The number of aliphatic hydroxyl groups excluding tert-OH is 1. The molecule has 1 aromatic carbocycles. The van der Waals surface area contributed by atoms with E-state index in [0.29, 0.717) is 25.3 Å². The lowest BCUT2D eigenvalue weighted by atomic mass is 9.70. The first-order chi connectivity index (χ1) is 23.0. The van der Waals surface area contributed by atoms with Gasteiger partial charge in [0.1, 0.15) is 18.6 Å². The molecule has 3 aliphatic rings. The van der Waals surface area contributed by atoms with Gasteiger partial charge < -0.3 is 19.9 Å². The molecule has 2 aliphatic carbocycles. The lowest BCUT2D eigenvalue weighted by Crippen LogP contribution is -2.62. The summed E-state index contributed by atoms with van der Waals surface area (Å²) in [6.45, 7) is 8.19. The number of aliphatic hydroxyl groups is 1. The van der Waals surface area contributed by atoms with Crippen molar-refractivity contribution in [2.24, 2.45) is 29.4 Å². The van der Waals surface area contributed by atoms with E-state index in [4.69, 9.17) is 25.2 Å². The Hall–Kier alpha value is -3.34. The van der Waals surface area contributed by atoms with Crippen molar-refractivity contribution in [3.05, 3.63) is 53.9 Å². The van der Waals surface area contributed by atoms with E-state index in [-0.39, 0.29) is 18.6 Å². The van der Waals surface area contributed by atoms with Gasteiger partial charge in [-0.15, -0.1) is 0 Å². The zero-order valence-corrected chi connectivity index (χ0v) is 29.2. The van der Waals surface area contributed by atoms with Crippen LogP contribution in [-0.2, 0) is 20.7 Å². The highest BCUT2D eigenvalue weighted by atomic mass is 16.6. The van der Waals surface area contributed by atoms with E-state index >= 15 is 0 Å².